The van der Waals surface area contributed by atoms with Gasteiger partial charge >= 0.3 is 6.03 Å². The summed E-state index contributed by atoms with van der Waals surface area (Å²) in [6.07, 6.45) is 2.07. The van der Waals surface area contributed by atoms with Crippen LogP contribution in [0.4, 0.5) is 10.5 Å². The lowest BCUT2D eigenvalue weighted by Crippen LogP contribution is -2.40. The van der Waals surface area contributed by atoms with Crippen LogP contribution in [-0.2, 0) is 0 Å². The third-order valence-electron chi connectivity index (χ3n) is 4.36. The Labute approximate surface area is 132 Å². The highest BCUT2D eigenvalue weighted by Crippen LogP contribution is 2.28. The zero-order chi connectivity index (χ0) is 15.4. The second kappa shape index (κ2) is 6.65. The van der Waals surface area contributed by atoms with Crippen molar-refractivity contribution < 1.29 is 4.79 Å². The maximum Gasteiger partial charge on any atom is 0.321 e. The molecule has 1 saturated heterocycles. The highest BCUT2D eigenvalue weighted by molar-refractivity contribution is 5.89. The van der Waals surface area contributed by atoms with Crippen LogP contribution in [0, 0.1) is 6.92 Å². The number of aryl methyl sites for hydroxylation is 1. The standard InChI is InChI=1S/C19H22N2O/c1-15-7-9-18(10-8-15)20-19(22)21-13-11-17(12-14-21)16-5-3-2-4-6-16/h2-10,17H,11-14H2,1H3,(H,20,22). The lowest BCUT2D eigenvalue weighted by Gasteiger charge is -2.32. The Morgan fingerprint density at radius 1 is 1.00 bits per heavy atom. The number of nitrogens with one attached hydrogen (secondary N) is 1. The van der Waals surface area contributed by atoms with Gasteiger partial charge in [0.15, 0.2) is 0 Å². The molecule has 3 heteroatoms. The van der Waals surface area contributed by atoms with Crippen molar-refractivity contribution in [1.82, 2.24) is 4.90 Å². The fourth-order valence-corrected chi connectivity index (χ4v) is 2.98. The number of likely N-dealkylation sites (tertiary alicyclic amines) is 1. The number of carbonyl (C=O) groups is 1. The minimum Gasteiger partial charge on any atom is -0.324 e. The lowest BCUT2D eigenvalue weighted by molar-refractivity contribution is 0.194. The summed E-state index contributed by atoms with van der Waals surface area (Å²) in [5, 5.41) is 2.98. The highest BCUT2D eigenvalue weighted by atomic mass is 16.2. The Bertz CT molecular complexity index is 614. The van der Waals surface area contributed by atoms with Crippen molar-refractivity contribution in [3.8, 4) is 0 Å². The van der Waals surface area contributed by atoms with Crippen LogP contribution in [0.15, 0.2) is 54.6 Å². The molecule has 0 aromatic heterocycles. The summed E-state index contributed by atoms with van der Waals surface area (Å²) in [6.45, 7) is 3.68. The van der Waals surface area contributed by atoms with E-state index in [1.54, 1.807) is 0 Å². The van der Waals surface area contributed by atoms with Gasteiger partial charge in [-0.05, 0) is 43.4 Å². The van der Waals surface area contributed by atoms with Gasteiger partial charge in [-0.3, -0.25) is 0 Å². The third kappa shape index (κ3) is 3.48. The fourth-order valence-electron chi connectivity index (χ4n) is 2.98. The number of piperidine rings is 1. The molecule has 1 fully saturated rings. The number of rotatable bonds is 2. The van der Waals surface area contributed by atoms with E-state index in [0.29, 0.717) is 5.92 Å². The van der Waals surface area contributed by atoms with Gasteiger partial charge in [0.05, 0.1) is 0 Å². The quantitative estimate of drug-likeness (QED) is 0.874. The van der Waals surface area contributed by atoms with Crippen molar-refractivity contribution in [2.75, 3.05) is 18.4 Å². The van der Waals surface area contributed by atoms with Gasteiger partial charge in [-0.2, -0.15) is 0 Å². The molecule has 3 rings (SSSR count). The molecule has 0 unspecified atom stereocenters. The number of benzene rings is 2. The number of hydrogen-bond donors (Lipinski definition) is 1. The number of carbonyl (C=O) groups excluding carboxylic acids is 1. The van der Waals surface area contributed by atoms with E-state index in [9.17, 15) is 4.79 Å². The minimum atomic E-state index is 0.00960. The van der Waals surface area contributed by atoms with Crippen LogP contribution in [0.2, 0.25) is 0 Å². The van der Waals surface area contributed by atoms with E-state index in [1.165, 1.54) is 11.1 Å². The van der Waals surface area contributed by atoms with Crippen molar-refractivity contribution in [3.05, 3.63) is 65.7 Å². The Kier molecular flexibility index (Phi) is 4.42. The Morgan fingerprint density at radius 2 is 1.64 bits per heavy atom. The maximum absolute atomic E-state index is 12.3. The van der Waals surface area contributed by atoms with E-state index in [0.717, 1.165) is 31.6 Å². The molecule has 22 heavy (non-hydrogen) atoms. The van der Waals surface area contributed by atoms with Crippen molar-refractivity contribution in [2.45, 2.75) is 25.7 Å². The second-order valence-corrected chi connectivity index (χ2v) is 5.97. The van der Waals surface area contributed by atoms with Gasteiger partial charge < -0.3 is 10.2 Å². The minimum absolute atomic E-state index is 0.00960. The summed E-state index contributed by atoms with van der Waals surface area (Å²) in [5.74, 6) is 0.574. The number of nitrogens with zero attached hydrogens (tertiary/aromatic N) is 1. The SMILES string of the molecule is Cc1ccc(NC(=O)N2CCC(c3ccccc3)CC2)cc1. The van der Waals surface area contributed by atoms with Crippen LogP contribution in [0.25, 0.3) is 0 Å². The van der Waals surface area contributed by atoms with Crippen molar-refractivity contribution >= 4 is 11.7 Å². The zero-order valence-corrected chi connectivity index (χ0v) is 13.0. The zero-order valence-electron chi connectivity index (χ0n) is 13.0. The molecule has 0 saturated carbocycles. The van der Waals surface area contributed by atoms with E-state index in [1.807, 2.05) is 42.2 Å². The molecule has 1 N–H and O–H groups in total. The largest absolute Gasteiger partial charge is 0.324 e. The van der Waals surface area contributed by atoms with E-state index >= 15 is 0 Å². The predicted octanol–water partition coefficient (Wildman–Crippen LogP) is 4.41. The molecule has 2 amide bonds. The molecule has 0 aliphatic carbocycles. The summed E-state index contributed by atoms with van der Waals surface area (Å²) in [4.78, 5) is 14.2. The molecular formula is C19H22N2O. The predicted molar refractivity (Wildman–Crippen MR) is 90.2 cm³/mol. The van der Waals surface area contributed by atoms with E-state index in [4.69, 9.17) is 0 Å². The third-order valence-corrected chi connectivity index (χ3v) is 4.36. The van der Waals surface area contributed by atoms with Crippen LogP contribution < -0.4 is 5.32 Å². The summed E-state index contributed by atoms with van der Waals surface area (Å²) < 4.78 is 0. The summed E-state index contributed by atoms with van der Waals surface area (Å²) in [6, 6.07) is 18.5. The second-order valence-electron chi connectivity index (χ2n) is 5.97. The average molecular weight is 294 g/mol. The lowest BCUT2D eigenvalue weighted by atomic mass is 9.90. The van der Waals surface area contributed by atoms with Crippen molar-refractivity contribution in [1.29, 1.82) is 0 Å². The molecule has 0 radical (unpaired) electrons. The molecule has 0 spiro atoms. The first-order chi connectivity index (χ1) is 10.7. The molecule has 1 aliphatic rings. The summed E-state index contributed by atoms with van der Waals surface area (Å²) >= 11 is 0. The van der Waals surface area contributed by atoms with Crippen LogP contribution >= 0.6 is 0 Å². The molecule has 2 aromatic rings. The van der Waals surface area contributed by atoms with Gasteiger partial charge in [-0.15, -0.1) is 0 Å². The first-order valence-corrected chi connectivity index (χ1v) is 7.90. The van der Waals surface area contributed by atoms with Gasteiger partial charge in [-0.1, -0.05) is 48.0 Å². The summed E-state index contributed by atoms with van der Waals surface area (Å²) in [5.41, 5.74) is 3.45. The average Bonchev–Trinajstić information content (AvgIpc) is 2.58. The van der Waals surface area contributed by atoms with E-state index < -0.39 is 0 Å². The Hall–Kier alpha value is -2.29. The van der Waals surface area contributed by atoms with Crippen LogP contribution in [0.5, 0.6) is 0 Å². The molecule has 1 aliphatic heterocycles. The Balaban J connectivity index is 1.54. The fraction of sp³-hybridized carbons (Fsp3) is 0.316. The first-order valence-electron chi connectivity index (χ1n) is 7.90. The monoisotopic (exact) mass is 294 g/mol. The normalized spacial score (nSPS) is 15.6. The molecule has 3 nitrogen and oxygen atoms in total. The molecule has 2 aromatic carbocycles. The smallest absolute Gasteiger partial charge is 0.321 e. The molecule has 0 atom stereocenters. The molecular weight excluding hydrogens is 272 g/mol. The van der Waals surface area contributed by atoms with Gasteiger partial charge in [0.2, 0.25) is 0 Å². The topological polar surface area (TPSA) is 32.3 Å². The molecule has 0 bridgehead atoms. The van der Waals surface area contributed by atoms with E-state index in [-0.39, 0.29) is 6.03 Å². The van der Waals surface area contributed by atoms with Gasteiger partial charge in [0.25, 0.3) is 0 Å². The Morgan fingerprint density at radius 3 is 2.27 bits per heavy atom. The molecule has 1 heterocycles. The van der Waals surface area contributed by atoms with Gasteiger partial charge in [0.1, 0.15) is 0 Å². The van der Waals surface area contributed by atoms with Gasteiger partial charge in [0, 0.05) is 18.8 Å². The number of hydrogen-bond acceptors (Lipinski definition) is 1. The number of amides is 2. The van der Waals surface area contributed by atoms with Crippen molar-refractivity contribution in [2.24, 2.45) is 0 Å². The number of urea groups is 1. The van der Waals surface area contributed by atoms with Crippen molar-refractivity contribution in [3.63, 3.8) is 0 Å². The maximum atomic E-state index is 12.3. The van der Waals surface area contributed by atoms with E-state index in [2.05, 4.69) is 29.6 Å². The van der Waals surface area contributed by atoms with Crippen LogP contribution in [0.1, 0.15) is 29.9 Å². The number of anilines is 1. The summed E-state index contributed by atoms with van der Waals surface area (Å²) in [7, 11) is 0. The highest BCUT2D eigenvalue weighted by Gasteiger charge is 2.23. The van der Waals surface area contributed by atoms with Gasteiger partial charge in [-0.25, -0.2) is 4.79 Å². The first kappa shape index (κ1) is 14.6. The molecule has 114 valence electrons. The van der Waals surface area contributed by atoms with Crippen LogP contribution in [0.3, 0.4) is 0 Å². The van der Waals surface area contributed by atoms with Crippen LogP contribution in [-0.4, -0.2) is 24.0 Å².